The van der Waals surface area contributed by atoms with Crippen LogP contribution in [0.25, 0.3) is 10.2 Å². The Kier molecular flexibility index (Phi) is 4.63. The molecule has 0 radical (unpaired) electrons. The molecule has 27 heavy (non-hydrogen) atoms. The lowest BCUT2D eigenvalue weighted by molar-refractivity contribution is 0.0998. The fraction of sp³-hybridized carbons (Fsp3) is 0.450. The van der Waals surface area contributed by atoms with Crippen molar-refractivity contribution in [3.63, 3.8) is 0 Å². The van der Waals surface area contributed by atoms with Gasteiger partial charge in [0, 0.05) is 37.2 Å². The summed E-state index contributed by atoms with van der Waals surface area (Å²) in [6, 6.07) is 8.66. The van der Waals surface area contributed by atoms with Gasteiger partial charge in [0.1, 0.15) is 11.8 Å². The summed E-state index contributed by atoms with van der Waals surface area (Å²) in [5.41, 5.74) is 2.09. The van der Waals surface area contributed by atoms with Crippen molar-refractivity contribution in [1.29, 1.82) is 0 Å². The zero-order valence-electron chi connectivity index (χ0n) is 15.1. The molecule has 1 aromatic carbocycles. The Morgan fingerprint density at radius 2 is 1.89 bits per heavy atom. The van der Waals surface area contributed by atoms with E-state index in [0.29, 0.717) is 12.0 Å². The minimum absolute atomic E-state index is 0.203. The standard InChI is InChI=1S/C20H23N5OS/c1-2-4-17-16(3-1)25-20(27-17)24-14-11-15(12-14)26-19-18(22-9-10-23-19)13-5-7-21-8-6-13/h1-4,9-10,13-15,21H,5-8,11-12H2,(H,24,25)/t14-,15+. The molecule has 0 atom stereocenters. The first-order chi connectivity index (χ1) is 13.3. The lowest BCUT2D eigenvalue weighted by atomic mass is 9.89. The van der Waals surface area contributed by atoms with Crippen molar-refractivity contribution < 1.29 is 4.74 Å². The number of piperidine rings is 1. The lowest BCUT2D eigenvalue weighted by Gasteiger charge is -2.36. The molecule has 0 amide bonds. The topological polar surface area (TPSA) is 72.0 Å². The van der Waals surface area contributed by atoms with Gasteiger partial charge in [0.15, 0.2) is 5.13 Å². The molecule has 2 N–H and O–H groups in total. The van der Waals surface area contributed by atoms with Gasteiger partial charge < -0.3 is 15.4 Å². The van der Waals surface area contributed by atoms with Crippen LogP contribution >= 0.6 is 11.3 Å². The molecule has 3 aromatic rings. The third kappa shape index (κ3) is 3.61. The maximum absolute atomic E-state index is 6.21. The van der Waals surface area contributed by atoms with Crippen molar-refractivity contribution in [2.24, 2.45) is 0 Å². The molecule has 0 bridgehead atoms. The molecule has 7 heteroatoms. The first kappa shape index (κ1) is 16.9. The number of nitrogens with one attached hydrogen (secondary N) is 2. The fourth-order valence-electron chi connectivity index (χ4n) is 3.85. The minimum atomic E-state index is 0.203. The molecule has 140 valence electrons. The average molecular weight is 382 g/mol. The molecule has 2 aromatic heterocycles. The highest BCUT2D eigenvalue weighted by Crippen LogP contribution is 2.34. The molecule has 1 aliphatic heterocycles. The van der Waals surface area contributed by atoms with Crippen LogP contribution in [0.4, 0.5) is 5.13 Å². The molecular formula is C20H23N5OS. The molecule has 2 aliphatic rings. The normalized spacial score (nSPS) is 23.1. The third-order valence-corrected chi connectivity index (χ3v) is 6.38. The van der Waals surface area contributed by atoms with Crippen LogP contribution < -0.4 is 15.4 Å². The number of anilines is 1. The van der Waals surface area contributed by atoms with Gasteiger partial charge in [0.2, 0.25) is 5.88 Å². The highest BCUT2D eigenvalue weighted by molar-refractivity contribution is 7.22. The third-order valence-electron chi connectivity index (χ3n) is 5.41. The molecule has 6 nitrogen and oxygen atoms in total. The van der Waals surface area contributed by atoms with Crippen LogP contribution in [0, 0.1) is 0 Å². The van der Waals surface area contributed by atoms with Gasteiger partial charge in [-0.1, -0.05) is 23.5 Å². The van der Waals surface area contributed by atoms with Crippen LogP contribution in [-0.4, -0.2) is 40.2 Å². The summed E-state index contributed by atoms with van der Waals surface area (Å²) < 4.78 is 7.43. The summed E-state index contributed by atoms with van der Waals surface area (Å²) >= 11 is 1.71. The number of hydrogen-bond acceptors (Lipinski definition) is 7. The van der Waals surface area contributed by atoms with Gasteiger partial charge in [-0.2, -0.15) is 0 Å². The van der Waals surface area contributed by atoms with Crippen LogP contribution in [0.3, 0.4) is 0 Å². The second-order valence-electron chi connectivity index (χ2n) is 7.31. The second kappa shape index (κ2) is 7.40. The molecule has 1 saturated carbocycles. The predicted octanol–water partition coefficient (Wildman–Crippen LogP) is 3.58. The number of rotatable bonds is 5. The molecular weight excluding hydrogens is 358 g/mol. The molecule has 0 unspecified atom stereocenters. The Morgan fingerprint density at radius 3 is 2.74 bits per heavy atom. The quantitative estimate of drug-likeness (QED) is 0.704. The molecule has 1 saturated heterocycles. The van der Waals surface area contributed by atoms with E-state index in [4.69, 9.17) is 4.74 Å². The number of thiazole rings is 1. The Hall–Kier alpha value is -2.25. The van der Waals surface area contributed by atoms with Crippen molar-refractivity contribution in [2.45, 2.75) is 43.7 Å². The molecule has 3 heterocycles. The van der Waals surface area contributed by atoms with Gasteiger partial charge in [0.25, 0.3) is 0 Å². The van der Waals surface area contributed by atoms with Gasteiger partial charge in [-0.05, 0) is 38.1 Å². The van der Waals surface area contributed by atoms with E-state index in [2.05, 4.69) is 43.8 Å². The van der Waals surface area contributed by atoms with Crippen molar-refractivity contribution in [3.05, 3.63) is 42.4 Å². The van der Waals surface area contributed by atoms with Crippen LogP contribution in [0.2, 0.25) is 0 Å². The summed E-state index contributed by atoms with van der Waals surface area (Å²) in [6.07, 6.45) is 7.85. The molecule has 1 aliphatic carbocycles. The number of ether oxygens (including phenoxy) is 1. The Bertz CT molecular complexity index is 884. The van der Waals surface area contributed by atoms with Crippen molar-refractivity contribution >= 4 is 26.7 Å². The maximum Gasteiger partial charge on any atom is 0.236 e. The number of benzene rings is 1. The highest BCUT2D eigenvalue weighted by Gasteiger charge is 2.33. The summed E-state index contributed by atoms with van der Waals surface area (Å²) in [5, 5.41) is 7.94. The average Bonchev–Trinajstić information content (AvgIpc) is 3.10. The maximum atomic E-state index is 6.21. The molecule has 2 fully saturated rings. The Labute approximate surface area is 162 Å². The Balaban J connectivity index is 1.19. The first-order valence-electron chi connectivity index (χ1n) is 9.65. The van der Waals surface area contributed by atoms with Crippen LogP contribution in [-0.2, 0) is 0 Å². The zero-order chi connectivity index (χ0) is 18.1. The van der Waals surface area contributed by atoms with Crippen molar-refractivity contribution in [1.82, 2.24) is 20.3 Å². The number of hydrogen-bond donors (Lipinski definition) is 2. The van der Waals surface area contributed by atoms with Gasteiger partial charge in [-0.15, -0.1) is 0 Å². The summed E-state index contributed by atoms with van der Waals surface area (Å²) in [6.45, 7) is 2.08. The Morgan fingerprint density at radius 1 is 1.07 bits per heavy atom. The van der Waals surface area contributed by atoms with E-state index in [-0.39, 0.29) is 6.10 Å². The van der Waals surface area contributed by atoms with Crippen molar-refractivity contribution in [3.8, 4) is 5.88 Å². The summed E-state index contributed by atoms with van der Waals surface area (Å²) in [5.74, 6) is 1.18. The largest absolute Gasteiger partial charge is 0.473 e. The first-order valence-corrected chi connectivity index (χ1v) is 10.5. The van der Waals surface area contributed by atoms with E-state index < -0.39 is 0 Å². The van der Waals surface area contributed by atoms with Crippen LogP contribution in [0.5, 0.6) is 5.88 Å². The lowest BCUT2D eigenvalue weighted by Crippen LogP contribution is -2.43. The van der Waals surface area contributed by atoms with E-state index in [1.807, 2.05) is 6.07 Å². The summed E-state index contributed by atoms with van der Waals surface area (Å²) in [4.78, 5) is 13.7. The van der Waals surface area contributed by atoms with E-state index in [1.165, 1.54) is 4.70 Å². The zero-order valence-corrected chi connectivity index (χ0v) is 15.9. The minimum Gasteiger partial charge on any atom is -0.473 e. The number of para-hydroxylation sites is 1. The molecule has 5 rings (SSSR count). The van der Waals surface area contributed by atoms with Crippen molar-refractivity contribution in [2.75, 3.05) is 18.4 Å². The van der Waals surface area contributed by atoms with E-state index in [0.717, 1.165) is 61.0 Å². The van der Waals surface area contributed by atoms with E-state index >= 15 is 0 Å². The van der Waals surface area contributed by atoms with Gasteiger partial charge in [-0.3, -0.25) is 4.98 Å². The fourth-order valence-corrected chi connectivity index (χ4v) is 4.79. The van der Waals surface area contributed by atoms with Crippen LogP contribution in [0.15, 0.2) is 36.7 Å². The number of fused-ring (bicyclic) bond motifs is 1. The predicted molar refractivity (Wildman–Crippen MR) is 108 cm³/mol. The van der Waals surface area contributed by atoms with E-state index in [1.54, 1.807) is 23.7 Å². The monoisotopic (exact) mass is 381 g/mol. The summed E-state index contributed by atoms with van der Waals surface area (Å²) in [7, 11) is 0. The van der Waals surface area contributed by atoms with Gasteiger partial charge in [0.05, 0.1) is 10.2 Å². The van der Waals surface area contributed by atoms with E-state index in [9.17, 15) is 0 Å². The smallest absolute Gasteiger partial charge is 0.236 e. The second-order valence-corrected chi connectivity index (χ2v) is 8.34. The number of nitrogens with zero attached hydrogens (tertiary/aromatic N) is 3. The van der Waals surface area contributed by atoms with Gasteiger partial charge >= 0.3 is 0 Å². The highest BCUT2D eigenvalue weighted by atomic mass is 32.1. The van der Waals surface area contributed by atoms with Gasteiger partial charge in [-0.25, -0.2) is 9.97 Å². The SMILES string of the molecule is c1ccc2sc(N[C@H]3C[C@@H](Oc4nccnc4C4CCNCC4)C3)nc2c1. The number of aromatic nitrogens is 3. The van der Waals surface area contributed by atoms with Crippen LogP contribution in [0.1, 0.15) is 37.3 Å². The molecule has 0 spiro atoms.